The number of carbonyl (C=O) groups excluding carboxylic acids is 10. The molecule has 10 amide bonds. The lowest BCUT2D eigenvalue weighted by Crippen LogP contribution is -2.61. The van der Waals surface area contributed by atoms with E-state index in [0.29, 0.717) is 34.2 Å². The smallest absolute Gasteiger partial charge is 0.328 e. The van der Waals surface area contributed by atoms with Gasteiger partial charge in [-0.2, -0.15) is 0 Å². The lowest BCUT2D eigenvalue weighted by molar-refractivity contribution is -0.147. The molecule has 0 spiro atoms. The van der Waals surface area contributed by atoms with Gasteiger partial charge in [-0.3, -0.25) is 47.9 Å². The summed E-state index contributed by atoms with van der Waals surface area (Å²) in [5.74, 6) is -9.97. The van der Waals surface area contributed by atoms with E-state index in [2.05, 4.69) is 37.2 Å². The Hall–Kier alpha value is -9.27. The van der Waals surface area contributed by atoms with E-state index >= 15 is 0 Å². The quantitative estimate of drug-likeness (QED) is 0.0282. The van der Waals surface area contributed by atoms with E-state index in [4.69, 9.17) is 11.5 Å². The first-order chi connectivity index (χ1) is 42.0. The topological polar surface area (TPSA) is 411 Å². The van der Waals surface area contributed by atoms with Gasteiger partial charge in [-0.25, -0.2) is 4.79 Å². The highest BCUT2D eigenvalue weighted by molar-refractivity contribution is 5.99. The normalized spacial score (nSPS) is 17.2. The number of carboxylic acids is 1. The van der Waals surface area contributed by atoms with Crippen molar-refractivity contribution < 1.29 is 73.2 Å². The van der Waals surface area contributed by atoms with Crippen LogP contribution in [0.1, 0.15) is 80.7 Å². The molecule has 1 saturated heterocycles. The number of carboxylic acid groups (broad SMARTS) is 1. The molecule has 6 rings (SSSR count). The van der Waals surface area contributed by atoms with Gasteiger partial charge in [0.2, 0.25) is 59.1 Å². The van der Waals surface area contributed by atoms with Gasteiger partial charge in [0.1, 0.15) is 60.1 Å². The summed E-state index contributed by atoms with van der Waals surface area (Å²) in [6.07, 6.45) is -0.420. The van der Waals surface area contributed by atoms with Crippen LogP contribution in [0.5, 0.6) is 5.75 Å². The molecule has 4 aromatic carbocycles. The number of hydrogen-bond donors (Lipinski definition) is 13. The molecular weight excluding hydrogens is 1140 g/mol. The average molecular weight is 1220 g/mol. The zero-order chi connectivity index (χ0) is 64.2. The molecule has 10 atom stereocenters. The van der Waals surface area contributed by atoms with Crippen molar-refractivity contribution in [2.75, 3.05) is 19.8 Å². The first-order valence-corrected chi connectivity index (χ1v) is 29.1. The highest BCUT2D eigenvalue weighted by Gasteiger charge is 2.42. The Balaban J connectivity index is 1.14. The highest BCUT2D eigenvalue weighted by Crippen LogP contribution is 2.26. The second-order valence-corrected chi connectivity index (χ2v) is 22.4. The van der Waals surface area contributed by atoms with E-state index in [1.54, 1.807) is 97.1 Å². The number of phenols is 1. The maximum atomic E-state index is 14.6. The van der Waals surface area contributed by atoms with Crippen LogP contribution in [-0.2, 0) is 85.0 Å². The molecule has 4 aromatic rings. The van der Waals surface area contributed by atoms with Crippen molar-refractivity contribution in [3.63, 3.8) is 0 Å². The van der Waals surface area contributed by atoms with Crippen molar-refractivity contribution in [3.05, 3.63) is 137 Å². The molecule has 0 radical (unpaired) electrons. The number of hydrogen-bond acceptors (Lipinski definition) is 15. The number of aliphatic hydroxyl groups is 2. The molecular formula is C62H79N11O15. The second kappa shape index (κ2) is 32.5. The predicted octanol–water partition coefficient (Wildman–Crippen LogP) is -1.51. The minimum absolute atomic E-state index is 0.0245. The molecule has 0 unspecified atom stereocenters. The molecule has 0 aliphatic carbocycles. The van der Waals surface area contributed by atoms with Gasteiger partial charge in [-0.05, 0) is 84.9 Å². The molecule has 0 bridgehead atoms. The largest absolute Gasteiger partial charge is 0.508 e. The zero-order valence-corrected chi connectivity index (χ0v) is 49.3. The fourth-order valence-electron chi connectivity index (χ4n) is 10.5. The van der Waals surface area contributed by atoms with E-state index in [1.807, 2.05) is 13.8 Å². The number of nitrogens with one attached hydrogen (secondary N) is 7. The van der Waals surface area contributed by atoms with Gasteiger partial charge in [0, 0.05) is 38.8 Å². The number of amides is 10. The Morgan fingerprint density at radius 3 is 1.59 bits per heavy atom. The Morgan fingerprint density at radius 1 is 0.534 bits per heavy atom. The fourth-order valence-corrected chi connectivity index (χ4v) is 10.5. The van der Waals surface area contributed by atoms with Crippen LogP contribution in [0.3, 0.4) is 0 Å². The number of likely N-dealkylation sites (tertiary alicyclic amines) is 1. The number of fused-ring (bicyclic) bond motifs is 1. The van der Waals surface area contributed by atoms with Gasteiger partial charge in [-0.15, -0.1) is 0 Å². The Kier molecular flexibility index (Phi) is 25.0. The lowest BCUT2D eigenvalue weighted by Gasteiger charge is -2.38. The SMILES string of the molecule is CC(C)C[C@H](NC(=O)[C@H](Cc1ccccc1)NC(=O)[C@H](N)Cc1ccc(O)cc1)C(=O)N1CCC[C@H]1C(=O)N[C@@H](CO)C(=O)N[C@@H](CCC(N)=O)C(=O)N[C@@H](Cc1ccccc1)C(=O)N[C@@H](C)C(=O)N1Cc2ccccc2C[C@H]1C(=O)N[C@@H](CO)C(=O)O. The molecule has 1 fully saturated rings. The number of aliphatic hydroxyl groups excluding tert-OH is 2. The number of nitrogens with two attached hydrogens (primary N) is 2. The monoisotopic (exact) mass is 1220 g/mol. The first kappa shape index (κ1) is 67.9. The zero-order valence-electron chi connectivity index (χ0n) is 49.3. The third-order valence-electron chi connectivity index (χ3n) is 15.2. The summed E-state index contributed by atoms with van der Waals surface area (Å²) in [5.41, 5.74) is 15.1. The molecule has 2 aliphatic heterocycles. The van der Waals surface area contributed by atoms with Crippen molar-refractivity contribution in [2.45, 2.75) is 146 Å². The molecule has 472 valence electrons. The molecule has 0 saturated carbocycles. The number of nitrogens with zero attached hydrogens (tertiary/aromatic N) is 2. The van der Waals surface area contributed by atoms with Gasteiger partial charge in [0.15, 0.2) is 0 Å². The van der Waals surface area contributed by atoms with Crippen molar-refractivity contribution in [1.82, 2.24) is 47.0 Å². The van der Waals surface area contributed by atoms with Gasteiger partial charge in [0.05, 0.1) is 19.3 Å². The van der Waals surface area contributed by atoms with Crippen LogP contribution < -0.4 is 48.7 Å². The number of benzene rings is 4. The molecule has 0 aromatic heterocycles. The number of aliphatic carboxylic acids is 1. The molecule has 2 heterocycles. The van der Waals surface area contributed by atoms with Crippen LogP contribution in [0.15, 0.2) is 109 Å². The number of aromatic hydroxyl groups is 1. The Morgan fingerprint density at radius 2 is 1.02 bits per heavy atom. The molecule has 15 N–H and O–H groups in total. The summed E-state index contributed by atoms with van der Waals surface area (Å²) in [7, 11) is 0. The van der Waals surface area contributed by atoms with Crippen LogP contribution in [0.2, 0.25) is 0 Å². The van der Waals surface area contributed by atoms with Gasteiger partial charge in [-0.1, -0.05) is 111 Å². The Bertz CT molecular complexity index is 3120. The summed E-state index contributed by atoms with van der Waals surface area (Å²) in [5, 5.41) is 57.3. The van der Waals surface area contributed by atoms with Gasteiger partial charge in [0.25, 0.3) is 0 Å². The summed E-state index contributed by atoms with van der Waals surface area (Å²) >= 11 is 0. The maximum absolute atomic E-state index is 14.6. The summed E-state index contributed by atoms with van der Waals surface area (Å²) in [4.78, 5) is 153. The predicted molar refractivity (Wildman–Crippen MR) is 318 cm³/mol. The number of primary amides is 1. The maximum Gasteiger partial charge on any atom is 0.328 e. The second-order valence-electron chi connectivity index (χ2n) is 22.4. The first-order valence-electron chi connectivity index (χ1n) is 29.1. The van der Waals surface area contributed by atoms with Crippen molar-refractivity contribution in [1.29, 1.82) is 0 Å². The molecule has 2 aliphatic rings. The number of phenolic OH excluding ortho intramolecular Hbond substituents is 1. The average Bonchev–Trinajstić information content (AvgIpc) is 3.61. The third-order valence-corrected chi connectivity index (χ3v) is 15.2. The number of rotatable bonds is 30. The summed E-state index contributed by atoms with van der Waals surface area (Å²) in [6, 6.07) is 16.5. The van der Waals surface area contributed by atoms with Gasteiger partial charge >= 0.3 is 5.97 Å². The lowest BCUT2D eigenvalue weighted by atomic mass is 9.92. The summed E-state index contributed by atoms with van der Waals surface area (Å²) in [6.45, 7) is 3.02. The fraction of sp³-hybridized carbons (Fsp3) is 0.435. The van der Waals surface area contributed by atoms with E-state index in [1.165, 1.54) is 28.9 Å². The van der Waals surface area contributed by atoms with Crippen LogP contribution in [0.4, 0.5) is 0 Å². The van der Waals surface area contributed by atoms with Crippen molar-refractivity contribution in [3.8, 4) is 5.75 Å². The Labute approximate surface area is 508 Å². The van der Waals surface area contributed by atoms with Crippen LogP contribution in [0, 0.1) is 5.92 Å². The van der Waals surface area contributed by atoms with E-state index < -0.39 is 152 Å². The summed E-state index contributed by atoms with van der Waals surface area (Å²) < 4.78 is 0. The van der Waals surface area contributed by atoms with Gasteiger partial charge < -0.3 is 78.9 Å². The van der Waals surface area contributed by atoms with Crippen molar-refractivity contribution in [2.24, 2.45) is 17.4 Å². The minimum atomic E-state index is -1.75. The van der Waals surface area contributed by atoms with Crippen LogP contribution in [-0.4, -0.2) is 175 Å². The standard InChI is InChI=1S/C62H79N11O15/c1-35(2)27-47(69-56(81)46(30-38-15-8-5-9-16-38)67-53(78)43(63)28-39-20-22-42(76)23-21-39)61(86)72-26-12-19-50(72)58(83)70-48(33-74)57(82)66-44(24-25-52(64)77)54(79)68-45(29-37-13-6-4-7-14-37)55(80)65-36(3)60(85)73-32-41-18-11-10-17-40(41)31-51(73)59(84)71-49(34-75)62(87)88/h4-11,13-18,20-23,35-36,43-51,74-76H,12,19,24-34,63H2,1-3H3,(H2,64,77)(H,65,80)(H,66,82)(H,67,78)(H,68,79)(H,69,81)(H,70,83)(H,71,84)(H,87,88)/t36-,43+,44-,45-,46-,47-,48-,49-,50-,51-/m0/s1. The van der Waals surface area contributed by atoms with Crippen molar-refractivity contribution >= 4 is 65.0 Å². The molecule has 26 nitrogen and oxygen atoms in total. The minimum Gasteiger partial charge on any atom is -0.508 e. The van der Waals surface area contributed by atoms with E-state index in [9.17, 15) is 73.2 Å². The van der Waals surface area contributed by atoms with Crippen LogP contribution >= 0.6 is 0 Å². The van der Waals surface area contributed by atoms with Crippen LogP contribution in [0.25, 0.3) is 0 Å². The van der Waals surface area contributed by atoms with E-state index in [0.717, 1.165) is 0 Å². The molecule has 26 heteroatoms. The molecule has 88 heavy (non-hydrogen) atoms. The number of carbonyl (C=O) groups is 11. The highest BCUT2D eigenvalue weighted by atomic mass is 16.4. The third kappa shape index (κ3) is 19.4. The van der Waals surface area contributed by atoms with E-state index in [-0.39, 0.29) is 63.3 Å².